The molecule has 78 valence electrons. The predicted octanol–water partition coefficient (Wildman–Crippen LogP) is 3.31. The van der Waals surface area contributed by atoms with Gasteiger partial charge in [-0.3, -0.25) is 0 Å². The molecule has 1 saturated carbocycles. The van der Waals surface area contributed by atoms with E-state index in [1.165, 1.54) is 0 Å². The molecule has 1 N–H and O–H groups in total. The minimum absolute atomic E-state index is 0.620. The Morgan fingerprint density at radius 1 is 1.31 bits per heavy atom. The Balaban J connectivity index is 2.67. The van der Waals surface area contributed by atoms with Crippen LogP contribution in [0, 0.1) is 5.41 Å². The van der Waals surface area contributed by atoms with Gasteiger partial charge in [0.2, 0.25) is 0 Å². The Bertz CT molecular complexity index is 173. The Kier molecular flexibility index (Phi) is 3.33. The van der Waals surface area contributed by atoms with Gasteiger partial charge < -0.3 is 5.11 Å². The van der Waals surface area contributed by atoms with E-state index in [1.807, 2.05) is 0 Å². The molecule has 0 radical (unpaired) electrons. The molecule has 0 heterocycles. The molecule has 0 spiro atoms. The van der Waals surface area contributed by atoms with Gasteiger partial charge in [0, 0.05) is 5.41 Å². The number of alkyl halides is 3. The first-order valence-electron chi connectivity index (χ1n) is 4.61. The number of aliphatic hydroxyl groups excluding tert-OH is 1. The molecule has 4 heteroatoms. The molecule has 0 aromatic heterocycles. The highest BCUT2D eigenvalue weighted by Crippen LogP contribution is 2.45. The van der Waals surface area contributed by atoms with Crippen LogP contribution in [0.5, 0.6) is 0 Å². The lowest BCUT2D eigenvalue weighted by Gasteiger charge is -2.39. The van der Waals surface area contributed by atoms with Crippen molar-refractivity contribution in [1.29, 1.82) is 0 Å². The molecule has 1 atom stereocenters. The Morgan fingerprint density at radius 2 is 1.77 bits per heavy atom. The number of aliphatic hydroxyl groups is 1. The quantitative estimate of drug-likeness (QED) is 0.752. The number of hydrogen-bond acceptors (Lipinski definition) is 1. The van der Waals surface area contributed by atoms with E-state index in [0.717, 1.165) is 19.3 Å². The topological polar surface area (TPSA) is 20.2 Å². The summed E-state index contributed by atoms with van der Waals surface area (Å²) >= 11 is 2.23. The van der Waals surface area contributed by atoms with Crippen LogP contribution in [0.4, 0.5) is 8.78 Å². The molecule has 1 aliphatic rings. The second-order valence-corrected chi connectivity index (χ2v) is 5.22. The van der Waals surface area contributed by atoms with Crippen LogP contribution in [0.1, 0.15) is 39.0 Å². The molecule has 1 aliphatic carbocycles. The zero-order chi connectivity index (χ0) is 10.1. The van der Waals surface area contributed by atoms with Crippen molar-refractivity contribution in [3.05, 3.63) is 0 Å². The Labute approximate surface area is 85.6 Å². The molecule has 1 rings (SSSR count). The van der Waals surface area contributed by atoms with Gasteiger partial charge in [-0.2, -0.15) is 8.78 Å². The van der Waals surface area contributed by atoms with Crippen LogP contribution in [0.25, 0.3) is 0 Å². The summed E-state index contributed by atoms with van der Waals surface area (Å²) in [5.74, 6) is 0. The van der Waals surface area contributed by atoms with Crippen molar-refractivity contribution in [3.8, 4) is 0 Å². The molecule has 1 fully saturated rings. The van der Waals surface area contributed by atoms with E-state index in [0.29, 0.717) is 12.8 Å². The second kappa shape index (κ2) is 3.81. The summed E-state index contributed by atoms with van der Waals surface area (Å²) in [6.07, 6.45) is 2.79. The van der Waals surface area contributed by atoms with Crippen molar-refractivity contribution in [1.82, 2.24) is 0 Å². The lowest BCUT2D eigenvalue weighted by atomic mass is 9.72. The Morgan fingerprint density at radius 3 is 2.15 bits per heavy atom. The zero-order valence-corrected chi connectivity index (χ0v) is 9.28. The van der Waals surface area contributed by atoms with Crippen LogP contribution in [0.3, 0.4) is 0 Å². The van der Waals surface area contributed by atoms with Crippen molar-refractivity contribution in [2.45, 2.75) is 50.0 Å². The van der Waals surface area contributed by atoms with Gasteiger partial charge in [-0.15, -0.1) is 0 Å². The van der Waals surface area contributed by atoms with E-state index in [4.69, 9.17) is 0 Å². The molecular formula is C9H15BrF2O. The largest absolute Gasteiger partial charge is 0.385 e. The van der Waals surface area contributed by atoms with Gasteiger partial charge in [-0.1, -0.05) is 26.2 Å². The average Bonchev–Trinajstić information content (AvgIpc) is 2.03. The van der Waals surface area contributed by atoms with Crippen LogP contribution in [0.2, 0.25) is 0 Å². The van der Waals surface area contributed by atoms with E-state index in [9.17, 15) is 13.9 Å². The van der Waals surface area contributed by atoms with Crippen molar-refractivity contribution in [2.24, 2.45) is 5.41 Å². The van der Waals surface area contributed by atoms with E-state index >= 15 is 0 Å². The van der Waals surface area contributed by atoms with Gasteiger partial charge in [0.25, 0.3) is 0 Å². The standard InChI is InChI=1S/C9H15BrF2O/c1-8(5-3-2-4-6-8)7(13)9(10,11)12/h7,13H,2-6H2,1H3. The van der Waals surface area contributed by atoms with Gasteiger partial charge in [-0.05, 0) is 28.8 Å². The van der Waals surface area contributed by atoms with Crippen LogP contribution in [-0.2, 0) is 0 Å². The molecule has 0 bridgehead atoms. The molecular weight excluding hydrogens is 242 g/mol. The monoisotopic (exact) mass is 256 g/mol. The Hall–Kier alpha value is 0.300. The van der Waals surface area contributed by atoms with Gasteiger partial charge in [-0.25, -0.2) is 0 Å². The highest BCUT2D eigenvalue weighted by Gasteiger charge is 2.47. The summed E-state index contributed by atoms with van der Waals surface area (Å²) < 4.78 is 25.6. The van der Waals surface area contributed by atoms with Crippen molar-refractivity contribution >= 4 is 15.9 Å². The van der Waals surface area contributed by atoms with Crippen molar-refractivity contribution in [3.63, 3.8) is 0 Å². The van der Waals surface area contributed by atoms with Gasteiger partial charge in [0.1, 0.15) is 6.10 Å². The summed E-state index contributed by atoms with van der Waals surface area (Å²) in [6, 6.07) is 0. The van der Waals surface area contributed by atoms with Crippen LogP contribution in [0.15, 0.2) is 0 Å². The number of hydrogen-bond donors (Lipinski definition) is 1. The lowest BCUT2D eigenvalue weighted by Crippen LogP contribution is -2.43. The van der Waals surface area contributed by atoms with Crippen molar-refractivity contribution in [2.75, 3.05) is 0 Å². The third-order valence-corrected chi connectivity index (χ3v) is 3.40. The zero-order valence-electron chi connectivity index (χ0n) is 7.69. The fraction of sp³-hybridized carbons (Fsp3) is 1.00. The van der Waals surface area contributed by atoms with Gasteiger partial charge in [0.05, 0.1) is 0 Å². The number of rotatable bonds is 2. The molecule has 0 aliphatic heterocycles. The molecule has 0 amide bonds. The fourth-order valence-electron chi connectivity index (χ4n) is 2.03. The molecule has 1 unspecified atom stereocenters. The predicted molar refractivity (Wildman–Crippen MR) is 51.1 cm³/mol. The van der Waals surface area contributed by atoms with Crippen LogP contribution in [-0.4, -0.2) is 16.0 Å². The maximum absolute atomic E-state index is 12.8. The lowest BCUT2D eigenvalue weighted by molar-refractivity contribution is -0.106. The summed E-state index contributed by atoms with van der Waals surface area (Å²) in [5.41, 5.74) is -0.620. The first-order chi connectivity index (χ1) is 5.86. The normalized spacial score (nSPS) is 25.6. The number of halogens is 3. The maximum atomic E-state index is 12.8. The van der Waals surface area contributed by atoms with Crippen LogP contribution >= 0.6 is 15.9 Å². The molecule has 0 aromatic rings. The summed E-state index contributed by atoms with van der Waals surface area (Å²) in [7, 11) is 0. The first kappa shape index (κ1) is 11.4. The van der Waals surface area contributed by atoms with E-state index in [-0.39, 0.29) is 0 Å². The first-order valence-corrected chi connectivity index (χ1v) is 5.40. The third kappa shape index (κ3) is 2.62. The van der Waals surface area contributed by atoms with Gasteiger partial charge >= 0.3 is 4.83 Å². The SMILES string of the molecule is CC1(C(O)C(F)(F)Br)CCCCC1. The molecule has 0 saturated heterocycles. The van der Waals surface area contributed by atoms with E-state index in [2.05, 4.69) is 15.9 Å². The summed E-state index contributed by atoms with van der Waals surface area (Å²) in [4.78, 5) is -3.15. The third-order valence-electron chi connectivity index (χ3n) is 2.97. The summed E-state index contributed by atoms with van der Waals surface area (Å²) in [6.45, 7) is 1.74. The van der Waals surface area contributed by atoms with E-state index in [1.54, 1.807) is 6.92 Å². The van der Waals surface area contributed by atoms with E-state index < -0.39 is 16.4 Å². The average molecular weight is 257 g/mol. The highest BCUT2D eigenvalue weighted by atomic mass is 79.9. The fourth-order valence-corrected chi connectivity index (χ4v) is 2.58. The highest BCUT2D eigenvalue weighted by molar-refractivity contribution is 9.10. The molecule has 0 aromatic carbocycles. The minimum Gasteiger partial charge on any atom is -0.385 e. The molecule has 1 nitrogen and oxygen atoms in total. The van der Waals surface area contributed by atoms with Crippen molar-refractivity contribution < 1.29 is 13.9 Å². The second-order valence-electron chi connectivity index (χ2n) is 4.16. The van der Waals surface area contributed by atoms with Crippen LogP contribution < -0.4 is 0 Å². The maximum Gasteiger partial charge on any atom is 0.327 e. The van der Waals surface area contributed by atoms with Gasteiger partial charge in [0.15, 0.2) is 0 Å². The minimum atomic E-state index is -3.15. The molecule has 13 heavy (non-hydrogen) atoms. The smallest absolute Gasteiger partial charge is 0.327 e. The summed E-state index contributed by atoms with van der Waals surface area (Å²) in [5, 5.41) is 9.47.